The number of hydrogen-bond donors (Lipinski definition) is 1. The summed E-state index contributed by atoms with van der Waals surface area (Å²) in [5.41, 5.74) is 1.17. The summed E-state index contributed by atoms with van der Waals surface area (Å²) in [6.07, 6.45) is 18.8. The first-order valence-electron chi connectivity index (χ1n) is 11.0. The minimum atomic E-state index is -0.687. The van der Waals surface area contributed by atoms with Gasteiger partial charge in [-0.1, -0.05) is 121 Å². The maximum absolute atomic E-state index is 11.1. The molecule has 2 heteroatoms. The number of carboxylic acid groups (broad SMARTS) is 1. The predicted molar refractivity (Wildman–Crippen MR) is 112 cm³/mol. The van der Waals surface area contributed by atoms with Crippen LogP contribution < -0.4 is 0 Å². The van der Waals surface area contributed by atoms with Crippen LogP contribution in [0.15, 0.2) is 30.3 Å². The number of aliphatic carboxylic acids is 1. The van der Waals surface area contributed by atoms with Crippen molar-refractivity contribution in [3.8, 4) is 0 Å². The Hall–Kier alpha value is -1.31. The molecule has 26 heavy (non-hydrogen) atoms. The highest BCUT2D eigenvalue weighted by Gasteiger charge is 2.14. The van der Waals surface area contributed by atoms with Crippen LogP contribution in [0, 0.1) is 0 Å². The summed E-state index contributed by atoms with van der Waals surface area (Å²) in [5, 5.41) is 9.15. The Kier molecular flexibility index (Phi) is 13.9. The summed E-state index contributed by atoms with van der Waals surface area (Å²) in [6.45, 7) is 2.27. The minimum Gasteiger partial charge on any atom is -0.481 e. The molecule has 0 heterocycles. The lowest BCUT2D eigenvalue weighted by Gasteiger charge is -2.15. The third-order valence-electron chi connectivity index (χ3n) is 5.35. The van der Waals surface area contributed by atoms with Crippen molar-refractivity contribution >= 4 is 5.97 Å². The molecule has 1 aromatic rings. The Morgan fingerprint density at radius 2 is 1.23 bits per heavy atom. The van der Waals surface area contributed by atoms with Crippen LogP contribution >= 0.6 is 0 Å². The molecule has 1 rings (SSSR count). The largest absolute Gasteiger partial charge is 0.481 e. The Labute approximate surface area is 161 Å². The highest BCUT2D eigenvalue weighted by Crippen LogP contribution is 2.26. The summed E-state index contributed by atoms with van der Waals surface area (Å²) < 4.78 is 0. The topological polar surface area (TPSA) is 37.3 Å². The molecule has 148 valence electrons. The van der Waals surface area contributed by atoms with Gasteiger partial charge in [-0.25, -0.2) is 0 Å². The van der Waals surface area contributed by atoms with Crippen molar-refractivity contribution < 1.29 is 9.90 Å². The molecule has 0 fully saturated rings. The molecule has 1 aromatic carbocycles. The van der Waals surface area contributed by atoms with E-state index in [-0.39, 0.29) is 12.3 Å². The number of benzene rings is 1. The molecule has 0 saturated carbocycles. The van der Waals surface area contributed by atoms with Crippen LogP contribution in [-0.2, 0) is 4.79 Å². The molecule has 0 bridgehead atoms. The lowest BCUT2D eigenvalue weighted by atomic mass is 9.90. The SMILES string of the molecule is CCCCCCCCCCCCCCCC(CC(=O)O)c1ccccc1. The molecule has 1 N–H and O–H groups in total. The van der Waals surface area contributed by atoms with Crippen molar-refractivity contribution in [2.24, 2.45) is 0 Å². The number of hydrogen-bond acceptors (Lipinski definition) is 1. The molecule has 0 saturated heterocycles. The fourth-order valence-corrected chi connectivity index (χ4v) is 3.73. The zero-order valence-electron chi connectivity index (χ0n) is 16.9. The van der Waals surface area contributed by atoms with Gasteiger partial charge in [0.25, 0.3) is 0 Å². The summed E-state index contributed by atoms with van der Waals surface area (Å²) in [4.78, 5) is 11.1. The van der Waals surface area contributed by atoms with Gasteiger partial charge >= 0.3 is 5.97 Å². The van der Waals surface area contributed by atoms with Gasteiger partial charge in [-0.2, -0.15) is 0 Å². The van der Waals surface area contributed by atoms with Gasteiger partial charge in [-0.3, -0.25) is 4.79 Å². The standard InChI is InChI=1S/C24H40O2/c1-2-3-4-5-6-7-8-9-10-11-12-13-15-20-23(21-24(25)26)22-18-16-14-17-19-22/h14,16-19,23H,2-13,15,20-21H2,1H3,(H,25,26). The van der Waals surface area contributed by atoms with E-state index in [2.05, 4.69) is 19.1 Å². The number of rotatable bonds is 17. The number of carboxylic acids is 1. The zero-order valence-corrected chi connectivity index (χ0v) is 16.9. The van der Waals surface area contributed by atoms with Crippen molar-refractivity contribution in [3.63, 3.8) is 0 Å². The molecule has 1 unspecified atom stereocenters. The zero-order chi connectivity index (χ0) is 18.9. The summed E-state index contributed by atoms with van der Waals surface area (Å²) in [5.74, 6) is -0.519. The van der Waals surface area contributed by atoms with E-state index >= 15 is 0 Å². The molecule has 1 atom stereocenters. The maximum Gasteiger partial charge on any atom is 0.303 e. The Morgan fingerprint density at radius 3 is 1.69 bits per heavy atom. The Bertz CT molecular complexity index is 441. The third-order valence-corrected chi connectivity index (χ3v) is 5.35. The second kappa shape index (κ2) is 15.9. The van der Waals surface area contributed by atoms with E-state index < -0.39 is 5.97 Å². The van der Waals surface area contributed by atoms with Crippen LogP contribution in [0.1, 0.15) is 115 Å². The van der Waals surface area contributed by atoms with Gasteiger partial charge in [0.15, 0.2) is 0 Å². The van der Waals surface area contributed by atoms with Crippen LogP contribution in [0.4, 0.5) is 0 Å². The first kappa shape index (κ1) is 22.7. The summed E-state index contributed by atoms with van der Waals surface area (Å²) >= 11 is 0. The average molecular weight is 361 g/mol. The van der Waals surface area contributed by atoms with Gasteiger partial charge in [0, 0.05) is 0 Å². The molecule has 0 aliphatic carbocycles. The van der Waals surface area contributed by atoms with Crippen molar-refractivity contribution in [3.05, 3.63) is 35.9 Å². The molecule has 0 aliphatic heterocycles. The third kappa shape index (κ3) is 12.1. The second-order valence-corrected chi connectivity index (χ2v) is 7.74. The fraction of sp³-hybridized carbons (Fsp3) is 0.708. The minimum absolute atomic E-state index is 0.168. The first-order valence-corrected chi connectivity index (χ1v) is 11.0. The van der Waals surface area contributed by atoms with Gasteiger partial charge in [-0.15, -0.1) is 0 Å². The van der Waals surface area contributed by atoms with E-state index in [9.17, 15) is 4.79 Å². The van der Waals surface area contributed by atoms with Crippen LogP contribution in [0.2, 0.25) is 0 Å². The van der Waals surface area contributed by atoms with Crippen molar-refractivity contribution in [2.45, 2.75) is 109 Å². The van der Waals surface area contributed by atoms with E-state index in [0.717, 1.165) is 12.8 Å². The van der Waals surface area contributed by atoms with E-state index in [4.69, 9.17) is 5.11 Å². The summed E-state index contributed by atoms with van der Waals surface area (Å²) in [6, 6.07) is 10.1. The highest BCUT2D eigenvalue weighted by atomic mass is 16.4. The molecular weight excluding hydrogens is 320 g/mol. The molecule has 0 aromatic heterocycles. The predicted octanol–water partition coefficient (Wildman–Crippen LogP) is 7.73. The van der Waals surface area contributed by atoms with E-state index in [0.29, 0.717) is 0 Å². The molecule has 0 amide bonds. The average Bonchev–Trinajstić information content (AvgIpc) is 2.65. The van der Waals surface area contributed by atoms with Gasteiger partial charge in [0.2, 0.25) is 0 Å². The smallest absolute Gasteiger partial charge is 0.303 e. The molecule has 0 spiro atoms. The van der Waals surface area contributed by atoms with Crippen LogP contribution in [0.5, 0.6) is 0 Å². The van der Waals surface area contributed by atoms with E-state index in [1.54, 1.807) is 0 Å². The quantitative estimate of drug-likeness (QED) is 0.289. The van der Waals surface area contributed by atoms with E-state index in [1.165, 1.54) is 82.6 Å². The molecule has 0 radical (unpaired) electrons. The maximum atomic E-state index is 11.1. The van der Waals surface area contributed by atoms with E-state index in [1.807, 2.05) is 18.2 Å². The molecular formula is C24H40O2. The second-order valence-electron chi connectivity index (χ2n) is 7.74. The van der Waals surface area contributed by atoms with Crippen LogP contribution in [0.3, 0.4) is 0 Å². The number of unbranched alkanes of at least 4 members (excludes halogenated alkanes) is 12. The van der Waals surface area contributed by atoms with Crippen molar-refractivity contribution in [1.82, 2.24) is 0 Å². The first-order chi connectivity index (χ1) is 12.7. The molecule has 0 aliphatic rings. The van der Waals surface area contributed by atoms with Gasteiger partial charge in [-0.05, 0) is 17.9 Å². The summed E-state index contributed by atoms with van der Waals surface area (Å²) in [7, 11) is 0. The normalized spacial score (nSPS) is 12.2. The monoisotopic (exact) mass is 360 g/mol. The Balaban J connectivity index is 2.00. The highest BCUT2D eigenvalue weighted by molar-refractivity contribution is 5.68. The van der Waals surface area contributed by atoms with Gasteiger partial charge in [0.05, 0.1) is 6.42 Å². The fourth-order valence-electron chi connectivity index (χ4n) is 3.73. The lowest BCUT2D eigenvalue weighted by Crippen LogP contribution is -2.06. The van der Waals surface area contributed by atoms with Crippen LogP contribution in [-0.4, -0.2) is 11.1 Å². The van der Waals surface area contributed by atoms with Crippen molar-refractivity contribution in [1.29, 1.82) is 0 Å². The Morgan fingerprint density at radius 1 is 0.769 bits per heavy atom. The van der Waals surface area contributed by atoms with Gasteiger partial charge in [0.1, 0.15) is 0 Å². The van der Waals surface area contributed by atoms with Crippen molar-refractivity contribution in [2.75, 3.05) is 0 Å². The number of carbonyl (C=O) groups is 1. The molecule has 2 nitrogen and oxygen atoms in total. The van der Waals surface area contributed by atoms with Crippen LogP contribution in [0.25, 0.3) is 0 Å². The lowest BCUT2D eigenvalue weighted by molar-refractivity contribution is -0.137. The van der Waals surface area contributed by atoms with Gasteiger partial charge < -0.3 is 5.11 Å².